The van der Waals surface area contributed by atoms with E-state index < -0.39 is 12.8 Å². The van der Waals surface area contributed by atoms with Gasteiger partial charge in [0.1, 0.15) is 0 Å². The summed E-state index contributed by atoms with van der Waals surface area (Å²) in [6.45, 7) is 2.64. The predicted molar refractivity (Wildman–Crippen MR) is 103 cm³/mol. The van der Waals surface area contributed by atoms with Crippen molar-refractivity contribution in [1.82, 2.24) is 10.6 Å². The number of hydrogen-bond acceptors (Lipinski definition) is 4. The van der Waals surface area contributed by atoms with Crippen LogP contribution in [0.25, 0.3) is 0 Å². The highest BCUT2D eigenvalue weighted by molar-refractivity contribution is 8.00. The fourth-order valence-corrected chi connectivity index (χ4v) is 3.82. The molecular weight excluding hydrogens is 379 g/mol. The van der Waals surface area contributed by atoms with Gasteiger partial charge in [0.05, 0.1) is 13.7 Å². The summed E-state index contributed by atoms with van der Waals surface area (Å²) in [5.41, 5.74) is 0.818. The lowest BCUT2D eigenvalue weighted by Crippen LogP contribution is -2.40. The van der Waals surface area contributed by atoms with Gasteiger partial charge in [-0.15, -0.1) is 0 Å². The number of benzene rings is 1. The Hall–Kier alpha value is -1.77. The molecule has 1 fully saturated rings. The maximum Gasteiger partial charge on any atom is 0.422 e. The van der Waals surface area contributed by atoms with E-state index in [-0.39, 0.29) is 11.5 Å². The van der Waals surface area contributed by atoms with Crippen LogP contribution in [0.2, 0.25) is 0 Å². The van der Waals surface area contributed by atoms with E-state index in [0.29, 0.717) is 11.8 Å². The van der Waals surface area contributed by atoms with Gasteiger partial charge in [0.2, 0.25) is 0 Å². The van der Waals surface area contributed by atoms with Crippen molar-refractivity contribution in [2.75, 3.05) is 32.6 Å². The number of halogens is 3. The van der Waals surface area contributed by atoms with E-state index >= 15 is 0 Å². The monoisotopic (exact) mass is 405 g/mol. The Kier molecular flexibility index (Phi) is 8.40. The normalized spacial score (nSPS) is 17.7. The van der Waals surface area contributed by atoms with Gasteiger partial charge in [-0.1, -0.05) is 6.07 Å². The molecule has 152 valence electrons. The summed E-state index contributed by atoms with van der Waals surface area (Å²) in [5.74, 6) is 2.25. The third-order valence-corrected chi connectivity index (χ3v) is 5.30. The van der Waals surface area contributed by atoms with E-state index in [1.807, 2.05) is 18.7 Å². The Labute approximate surface area is 162 Å². The van der Waals surface area contributed by atoms with Crippen molar-refractivity contribution < 1.29 is 22.6 Å². The minimum atomic E-state index is -4.39. The molecule has 2 rings (SSSR count). The van der Waals surface area contributed by atoms with Gasteiger partial charge in [-0.3, -0.25) is 0 Å². The first-order chi connectivity index (χ1) is 12.9. The lowest BCUT2D eigenvalue weighted by Gasteiger charge is -2.15. The molecule has 2 N–H and O–H groups in total. The quantitative estimate of drug-likeness (QED) is 0.511. The number of thioether (sulfide) groups is 1. The van der Waals surface area contributed by atoms with Crippen LogP contribution in [0, 0.1) is 0 Å². The summed E-state index contributed by atoms with van der Waals surface area (Å²) in [4.78, 5) is 4.54. The smallest absolute Gasteiger partial charge is 0.422 e. The van der Waals surface area contributed by atoms with E-state index in [2.05, 4.69) is 15.6 Å². The molecule has 9 heteroatoms. The second kappa shape index (κ2) is 10.5. The predicted octanol–water partition coefficient (Wildman–Crippen LogP) is 3.59. The van der Waals surface area contributed by atoms with Crippen LogP contribution in [0.15, 0.2) is 23.2 Å². The van der Waals surface area contributed by atoms with Crippen LogP contribution in [0.5, 0.6) is 11.5 Å². The lowest BCUT2D eigenvalue weighted by molar-refractivity contribution is -0.153. The van der Waals surface area contributed by atoms with Gasteiger partial charge in [-0.05, 0) is 43.2 Å². The van der Waals surface area contributed by atoms with E-state index in [1.165, 1.54) is 31.8 Å². The second-order valence-corrected chi connectivity index (χ2v) is 7.51. The number of methoxy groups -OCH3 is 1. The maximum atomic E-state index is 12.3. The summed E-state index contributed by atoms with van der Waals surface area (Å²) in [5, 5.41) is 7.16. The minimum absolute atomic E-state index is 0.0610. The number of alkyl halides is 3. The average molecular weight is 405 g/mol. The molecule has 1 aliphatic rings. The Balaban J connectivity index is 1.97. The van der Waals surface area contributed by atoms with Crippen LogP contribution in [0.1, 0.15) is 25.3 Å². The molecule has 0 bridgehead atoms. The first-order valence-electron chi connectivity index (χ1n) is 8.91. The third-order valence-electron chi connectivity index (χ3n) is 3.90. The van der Waals surface area contributed by atoms with Crippen LogP contribution in [-0.2, 0) is 6.54 Å². The van der Waals surface area contributed by atoms with Gasteiger partial charge >= 0.3 is 6.18 Å². The zero-order valence-electron chi connectivity index (χ0n) is 15.6. The van der Waals surface area contributed by atoms with E-state index in [9.17, 15) is 13.2 Å². The number of rotatable bonds is 8. The fourth-order valence-electron chi connectivity index (χ4n) is 2.62. The van der Waals surface area contributed by atoms with Crippen LogP contribution in [0.4, 0.5) is 13.2 Å². The molecule has 0 amide bonds. The Morgan fingerprint density at radius 3 is 2.74 bits per heavy atom. The molecule has 1 heterocycles. The van der Waals surface area contributed by atoms with Gasteiger partial charge in [0, 0.05) is 18.3 Å². The van der Waals surface area contributed by atoms with Crippen molar-refractivity contribution in [3.63, 3.8) is 0 Å². The van der Waals surface area contributed by atoms with Gasteiger partial charge < -0.3 is 20.1 Å². The number of ether oxygens (including phenoxy) is 2. The molecule has 0 spiro atoms. The molecule has 0 aromatic heterocycles. The summed E-state index contributed by atoms with van der Waals surface area (Å²) < 4.78 is 46.9. The first-order valence-corrected chi connectivity index (χ1v) is 9.96. The Morgan fingerprint density at radius 2 is 2.11 bits per heavy atom. The molecule has 1 aliphatic heterocycles. The highest BCUT2D eigenvalue weighted by atomic mass is 32.2. The zero-order chi connectivity index (χ0) is 19.7. The number of hydrogen-bond donors (Lipinski definition) is 2. The van der Waals surface area contributed by atoms with Crippen LogP contribution in [0.3, 0.4) is 0 Å². The van der Waals surface area contributed by atoms with E-state index in [1.54, 1.807) is 12.1 Å². The molecule has 1 saturated heterocycles. The first kappa shape index (κ1) is 21.5. The summed E-state index contributed by atoms with van der Waals surface area (Å²) in [7, 11) is 1.40. The van der Waals surface area contributed by atoms with Gasteiger partial charge in [-0.25, -0.2) is 4.99 Å². The standard InChI is InChI=1S/C18H26F3N3O2S/c1-3-22-17(24-11-14-5-4-8-27-14)23-10-13-6-7-15(16(9-13)25-2)26-12-18(19,20)21/h6-7,9,14H,3-5,8,10-12H2,1-2H3,(H2,22,23,24). The summed E-state index contributed by atoms with van der Waals surface area (Å²) in [6, 6.07) is 4.81. The van der Waals surface area contributed by atoms with Crippen molar-refractivity contribution in [2.45, 2.75) is 37.7 Å². The fraction of sp³-hybridized carbons (Fsp3) is 0.611. The summed E-state index contributed by atoms with van der Waals surface area (Å²) >= 11 is 1.97. The van der Waals surface area contributed by atoms with Gasteiger partial charge in [-0.2, -0.15) is 24.9 Å². The third kappa shape index (κ3) is 7.78. The SMILES string of the molecule is CCNC(=NCc1ccc(OCC(F)(F)F)c(OC)c1)NCC1CCCS1. The average Bonchev–Trinajstić information content (AvgIpc) is 3.15. The van der Waals surface area contributed by atoms with Crippen molar-refractivity contribution >= 4 is 17.7 Å². The van der Waals surface area contributed by atoms with Gasteiger partial charge in [0.15, 0.2) is 24.1 Å². The molecule has 5 nitrogen and oxygen atoms in total. The molecule has 1 atom stereocenters. The minimum Gasteiger partial charge on any atom is -0.493 e. The summed E-state index contributed by atoms with van der Waals surface area (Å²) in [6.07, 6.45) is -1.92. The van der Waals surface area contributed by atoms with Gasteiger partial charge in [0.25, 0.3) is 0 Å². The molecule has 0 saturated carbocycles. The number of nitrogens with one attached hydrogen (secondary N) is 2. The second-order valence-electron chi connectivity index (χ2n) is 6.10. The van der Waals surface area contributed by atoms with Crippen molar-refractivity contribution in [2.24, 2.45) is 4.99 Å². The van der Waals surface area contributed by atoms with Crippen molar-refractivity contribution in [1.29, 1.82) is 0 Å². The largest absolute Gasteiger partial charge is 0.493 e. The Morgan fingerprint density at radius 1 is 1.30 bits per heavy atom. The molecule has 1 unspecified atom stereocenters. The van der Waals surface area contributed by atoms with Crippen LogP contribution < -0.4 is 20.1 Å². The molecule has 0 radical (unpaired) electrons. The number of aliphatic imine (C=N–C) groups is 1. The molecule has 1 aromatic rings. The van der Waals surface area contributed by atoms with Crippen LogP contribution in [-0.4, -0.2) is 49.9 Å². The van der Waals surface area contributed by atoms with E-state index in [0.717, 1.165) is 24.6 Å². The molecular formula is C18H26F3N3O2S. The Bertz CT molecular complexity index is 620. The molecule has 1 aromatic carbocycles. The number of guanidine groups is 1. The number of nitrogens with zero attached hydrogens (tertiary/aromatic N) is 1. The van der Waals surface area contributed by atoms with Crippen molar-refractivity contribution in [3.05, 3.63) is 23.8 Å². The molecule has 0 aliphatic carbocycles. The van der Waals surface area contributed by atoms with Crippen LogP contribution >= 0.6 is 11.8 Å². The highest BCUT2D eigenvalue weighted by Gasteiger charge is 2.29. The maximum absolute atomic E-state index is 12.3. The molecule has 27 heavy (non-hydrogen) atoms. The van der Waals surface area contributed by atoms with E-state index in [4.69, 9.17) is 9.47 Å². The van der Waals surface area contributed by atoms with Crippen molar-refractivity contribution in [3.8, 4) is 11.5 Å². The topological polar surface area (TPSA) is 54.9 Å². The zero-order valence-corrected chi connectivity index (χ0v) is 16.4. The lowest BCUT2D eigenvalue weighted by atomic mass is 10.2. The highest BCUT2D eigenvalue weighted by Crippen LogP contribution is 2.30.